The highest BCUT2D eigenvalue weighted by Gasteiger charge is 2.40. The van der Waals surface area contributed by atoms with E-state index >= 15 is 0 Å². The summed E-state index contributed by atoms with van der Waals surface area (Å²) in [4.78, 5) is 22.9. The molecular formula is C13H11F4NO2. The lowest BCUT2D eigenvalue weighted by atomic mass is 9.79. The van der Waals surface area contributed by atoms with Crippen molar-refractivity contribution in [3.8, 4) is 0 Å². The van der Waals surface area contributed by atoms with Gasteiger partial charge >= 0.3 is 6.18 Å². The molecule has 0 saturated carbocycles. The van der Waals surface area contributed by atoms with Crippen LogP contribution in [0.25, 0.3) is 0 Å². The first-order valence-corrected chi connectivity index (χ1v) is 5.90. The molecule has 2 unspecified atom stereocenters. The molecular weight excluding hydrogens is 278 g/mol. The zero-order chi connectivity index (χ0) is 15.1. The summed E-state index contributed by atoms with van der Waals surface area (Å²) in [7, 11) is 0. The fourth-order valence-corrected chi connectivity index (χ4v) is 2.34. The van der Waals surface area contributed by atoms with Gasteiger partial charge in [-0.3, -0.25) is 14.9 Å². The van der Waals surface area contributed by atoms with E-state index in [1.807, 2.05) is 0 Å². The number of imide groups is 1. The number of nitrogens with one attached hydrogen (secondary N) is 1. The first-order chi connectivity index (χ1) is 9.20. The molecule has 2 rings (SSSR count). The van der Waals surface area contributed by atoms with E-state index in [0.29, 0.717) is 6.07 Å². The van der Waals surface area contributed by atoms with Crippen molar-refractivity contribution in [1.82, 2.24) is 5.32 Å². The Balaban J connectivity index is 2.51. The summed E-state index contributed by atoms with van der Waals surface area (Å²) in [5, 5.41) is 2.07. The third-order valence-electron chi connectivity index (χ3n) is 3.41. The highest BCUT2D eigenvalue weighted by molar-refractivity contribution is 5.99. The summed E-state index contributed by atoms with van der Waals surface area (Å²) >= 11 is 0. The van der Waals surface area contributed by atoms with Crippen LogP contribution in [-0.4, -0.2) is 11.8 Å². The Bertz CT molecular complexity index is 568. The van der Waals surface area contributed by atoms with Crippen LogP contribution >= 0.6 is 0 Å². The van der Waals surface area contributed by atoms with E-state index in [9.17, 15) is 27.2 Å². The molecule has 1 aliphatic rings. The van der Waals surface area contributed by atoms with Crippen molar-refractivity contribution in [3.63, 3.8) is 0 Å². The standard InChI is InChI=1S/C13H11F4NO2/c1-6-9(5-11(19)18-12(6)20)8-3-2-7(14)4-10(8)13(15,16)17/h2-4,6,9H,5H2,1H3,(H,18,19,20). The smallest absolute Gasteiger partial charge is 0.296 e. The van der Waals surface area contributed by atoms with Crippen LogP contribution in [0.5, 0.6) is 0 Å². The minimum absolute atomic E-state index is 0.227. The molecule has 7 heteroatoms. The molecule has 0 bridgehead atoms. The Morgan fingerprint density at radius 3 is 2.50 bits per heavy atom. The molecule has 1 N–H and O–H groups in total. The van der Waals surface area contributed by atoms with Gasteiger partial charge in [-0.2, -0.15) is 13.2 Å². The molecule has 0 aromatic heterocycles. The van der Waals surface area contributed by atoms with Gasteiger partial charge in [-0.1, -0.05) is 13.0 Å². The summed E-state index contributed by atoms with van der Waals surface area (Å²) in [5.41, 5.74) is -1.37. The lowest BCUT2D eigenvalue weighted by Gasteiger charge is -2.29. The zero-order valence-electron chi connectivity index (χ0n) is 10.4. The molecule has 1 aromatic carbocycles. The predicted octanol–water partition coefficient (Wildman–Crippen LogP) is 2.61. The molecule has 1 saturated heterocycles. The predicted molar refractivity (Wildman–Crippen MR) is 61.1 cm³/mol. The van der Waals surface area contributed by atoms with Gasteiger partial charge in [-0.05, 0) is 17.7 Å². The van der Waals surface area contributed by atoms with Gasteiger partial charge in [0.1, 0.15) is 5.82 Å². The molecule has 0 spiro atoms. The largest absolute Gasteiger partial charge is 0.416 e. The maximum atomic E-state index is 13.0. The molecule has 2 amide bonds. The van der Waals surface area contributed by atoms with Crippen molar-refractivity contribution >= 4 is 11.8 Å². The number of piperidine rings is 1. The van der Waals surface area contributed by atoms with Gasteiger partial charge in [0, 0.05) is 18.3 Å². The summed E-state index contributed by atoms with van der Waals surface area (Å²) in [5.74, 6) is -3.97. The molecule has 1 aliphatic heterocycles. The number of amides is 2. The molecule has 2 atom stereocenters. The van der Waals surface area contributed by atoms with Crippen molar-refractivity contribution in [1.29, 1.82) is 0 Å². The Hall–Kier alpha value is -1.92. The van der Waals surface area contributed by atoms with Crippen LogP contribution in [0, 0.1) is 11.7 Å². The molecule has 3 nitrogen and oxygen atoms in total. The minimum atomic E-state index is -4.74. The number of benzene rings is 1. The second-order valence-corrected chi connectivity index (χ2v) is 4.74. The minimum Gasteiger partial charge on any atom is -0.296 e. The quantitative estimate of drug-likeness (QED) is 0.638. The third kappa shape index (κ3) is 2.66. The SMILES string of the molecule is CC1C(=O)NC(=O)CC1c1ccc(F)cc1C(F)(F)F. The van der Waals surface area contributed by atoms with Gasteiger partial charge in [0.15, 0.2) is 0 Å². The third-order valence-corrected chi connectivity index (χ3v) is 3.41. The van der Waals surface area contributed by atoms with Crippen molar-refractivity contribution in [2.75, 3.05) is 0 Å². The van der Waals surface area contributed by atoms with Gasteiger partial charge < -0.3 is 0 Å². The Kier molecular flexibility index (Phi) is 3.54. The average molecular weight is 289 g/mol. The van der Waals surface area contributed by atoms with Crippen molar-refractivity contribution < 1.29 is 27.2 Å². The van der Waals surface area contributed by atoms with Gasteiger partial charge in [0.05, 0.1) is 5.56 Å². The molecule has 108 valence electrons. The maximum Gasteiger partial charge on any atom is 0.416 e. The van der Waals surface area contributed by atoms with Crippen LogP contribution in [0.2, 0.25) is 0 Å². The number of rotatable bonds is 1. The van der Waals surface area contributed by atoms with Crippen LogP contribution in [0.15, 0.2) is 18.2 Å². The van der Waals surface area contributed by atoms with E-state index in [1.165, 1.54) is 6.92 Å². The van der Waals surface area contributed by atoms with Crippen molar-refractivity contribution in [3.05, 3.63) is 35.1 Å². The van der Waals surface area contributed by atoms with Crippen molar-refractivity contribution in [2.45, 2.75) is 25.4 Å². The second-order valence-electron chi connectivity index (χ2n) is 4.74. The number of carbonyl (C=O) groups is 2. The Labute approximate surface area is 112 Å². The lowest BCUT2D eigenvalue weighted by Crippen LogP contribution is -2.44. The molecule has 1 fully saturated rings. The molecule has 0 radical (unpaired) electrons. The topological polar surface area (TPSA) is 46.2 Å². The maximum absolute atomic E-state index is 13.0. The fraction of sp³-hybridized carbons (Fsp3) is 0.385. The first kappa shape index (κ1) is 14.5. The van der Waals surface area contributed by atoms with E-state index in [2.05, 4.69) is 5.32 Å². The molecule has 0 aliphatic carbocycles. The van der Waals surface area contributed by atoms with E-state index in [-0.39, 0.29) is 12.0 Å². The van der Waals surface area contributed by atoms with E-state index in [1.54, 1.807) is 0 Å². The lowest BCUT2D eigenvalue weighted by molar-refractivity contribution is -0.141. The average Bonchev–Trinajstić information content (AvgIpc) is 2.33. The Morgan fingerprint density at radius 1 is 1.25 bits per heavy atom. The van der Waals surface area contributed by atoms with Crippen LogP contribution in [0.3, 0.4) is 0 Å². The first-order valence-electron chi connectivity index (χ1n) is 5.90. The number of halogens is 4. The highest BCUT2D eigenvalue weighted by atomic mass is 19.4. The number of carbonyl (C=O) groups excluding carboxylic acids is 2. The van der Waals surface area contributed by atoms with E-state index in [0.717, 1.165) is 12.1 Å². The van der Waals surface area contributed by atoms with E-state index < -0.39 is 41.2 Å². The van der Waals surface area contributed by atoms with Gasteiger partial charge in [0.25, 0.3) is 0 Å². The zero-order valence-corrected chi connectivity index (χ0v) is 10.4. The highest BCUT2D eigenvalue weighted by Crippen LogP contribution is 2.40. The van der Waals surface area contributed by atoms with Crippen LogP contribution < -0.4 is 5.32 Å². The van der Waals surface area contributed by atoms with Crippen LogP contribution in [0.4, 0.5) is 17.6 Å². The summed E-state index contributed by atoms with van der Waals surface area (Å²) in [6, 6.07) is 2.28. The van der Waals surface area contributed by atoms with E-state index in [4.69, 9.17) is 0 Å². The van der Waals surface area contributed by atoms with Gasteiger partial charge in [-0.25, -0.2) is 4.39 Å². The van der Waals surface area contributed by atoms with Gasteiger partial charge in [-0.15, -0.1) is 0 Å². The summed E-state index contributed by atoms with van der Waals surface area (Å²) < 4.78 is 51.9. The van der Waals surface area contributed by atoms with Gasteiger partial charge in [0.2, 0.25) is 11.8 Å². The fourth-order valence-electron chi connectivity index (χ4n) is 2.34. The van der Waals surface area contributed by atoms with Crippen LogP contribution in [0.1, 0.15) is 30.4 Å². The molecule has 1 aromatic rings. The monoisotopic (exact) mass is 289 g/mol. The number of alkyl halides is 3. The number of hydrogen-bond donors (Lipinski definition) is 1. The molecule has 20 heavy (non-hydrogen) atoms. The summed E-state index contributed by atoms with van der Waals surface area (Å²) in [6.07, 6.45) is -4.98. The number of hydrogen-bond acceptors (Lipinski definition) is 2. The van der Waals surface area contributed by atoms with Crippen molar-refractivity contribution in [2.24, 2.45) is 5.92 Å². The Morgan fingerprint density at radius 2 is 1.90 bits per heavy atom. The normalized spacial score (nSPS) is 23.6. The van der Waals surface area contributed by atoms with Crippen LogP contribution in [-0.2, 0) is 15.8 Å². The molecule has 1 heterocycles. The summed E-state index contributed by atoms with van der Waals surface area (Å²) in [6.45, 7) is 1.44. The second kappa shape index (κ2) is 4.88.